The zero-order valence-corrected chi connectivity index (χ0v) is 13.7. The van der Waals surface area contributed by atoms with E-state index in [1.54, 1.807) is 33.1 Å². The Kier molecular flexibility index (Phi) is 5.24. The number of ether oxygens (including phenoxy) is 1. The molecule has 1 aliphatic heterocycles. The lowest BCUT2D eigenvalue weighted by Crippen LogP contribution is -2.31. The van der Waals surface area contributed by atoms with Crippen molar-refractivity contribution < 1.29 is 13.2 Å². The van der Waals surface area contributed by atoms with Crippen molar-refractivity contribution >= 4 is 10.0 Å². The van der Waals surface area contributed by atoms with Crippen LogP contribution in [0.15, 0.2) is 17.0 Å². The highest BCUT2D eigenvalue weighted by Gasteiger charge is 2.21. The van der Waals surface area contributed by atoms with Crippen LogP contribution in [0.5, 0.6) is 5.75 Å². The van der Waals surface area contributed by atoms with Crippen LogP contribution < -0.4 is 14.8 Å². The van der Waals surface area contributed by atoms with Crippen molar-refractivity contribution in [2.24, 2.45) is 0 Å². The highest BCUT2D eigenvalue weighted by Crippen LogP contribution is 2.25. The summed E-state index contributed by atoms with van der Waals surface area (Å²) in [7, 11) is -1.89. The standard InChI is InChI=1S/C15H24N2O3S/c1-11-9-14(20-3)10-12(2)15(11)21(18,19)17-8-6-13-5-4-7-16-13/h9-10,13,16-17H,4-8H2,1-3H3/t13-/m0/s1. The van der Waals surface area contributed by atoms with E-state index in [2.05, 4.69) is 10.0 Å². The highest BCUT2D eigenvalue weighted by atomic mass is 32.2. The SMILES string of the molecule is COc1cc(C)c(S(=O)(=O)NCC[C@@H]2CCCN2)c(C)c1. The van der Waals surface area contributed by atoms with Crippen molar-refractivity contribution in [2.75, 3.05) is 20.2 Å². The molecule has 5 nitrogen and oxygen atoms in total. The molecule has 0 radical (unpaired) electrons. The third-order valence-electron chi connectivity index (χ3n) is 3.89. The lowest BCUT2D eigenvalue weighted by Gasteiger charge is -2.15. The molecular formula is C15H24N2O3S. The quantitative estimate of drug-likeness (QED) is 0.839. The van der Waals surface area contributed by atoms with Gasteiger partial charge in [0.1, 0.15) is 5.75 Å². The molecule has 2 rings (SSSR count). The van der Waals surface area contributed by atoms with Crippen molar-refractivity contribution in [1.29, 1.82) is 0 Å². The summed E-state index contributed by atoms with van der Waals surface area (Å²) in [6.45, 7) is 5.09. The van der Waals surface area contributed by atoms with Gasteiger partial charge in [0.15, 0.2) is 0 Å². The number of hydrogen-bond acceptors (Lipinski definition) is 4. The molecule has 1 heterocycles. The average Bonchev–Trinajstić information content (AvgIpc) is 2.90. The highest BCUT2D eigenvalue weighted by molar-refractivity contribution is 7.89. The second-order valence-corrected chi connectivity index (χ2v) is 7.27. The molecule has 0 spiro atoms. The molecule has 0 aromatic heterocycles. The Morgan fingerprint density at radius 2 is 2.00 bits per heavy atom. The number of benzene rings is 1. The number of aryl methyl sites for hydroxylation is 2. The summed E-state index contributed by atoms with van der Waals surface area (Å²) in [6.07, 6.45) is 3.13. The maximum atomic E-state index is 12.5. The van der Waals surface area contributed by atoms with Gasteiger partial charge in [-0.3, -0.25) is 0 Å². The normalized spacial score (nSPS) is 18.9. The molecule has 0 saturated carbocycles. The average molecular weight is 312 g/mol. The number of nitrogens with one attached hydrogen (secondary N) is 2. The first-order valence-electron chi connectivity index (χ1n) is 7.32. The van der Waals surface area contributed by atoms with Crippen LogP contribution >= 0.6 is 0 Å². The first-order valence-corrected chi connectivity index (χ1v) is 8.80. The van der Waals surface area contributed by atoms with Crippen LogP contribution in [0.2, 0.25) is 0 Å². The van der Waals surface area contributed by atoms with Gasteiger partial charge in [-0.05, 0) is 62.9 Å². The van der Waals surface area contributed by atoms with E-state index in [4.69, 9.17) is 4.74 Å². The van der Waals surface area contributed by atoms with Gasteiger partial charge < -0.3 is 10.1 Å². The van der Waals surface area contributed by atoms with E-state index in [0.717, 1.165) is 19.4 Å². The molecule has 0 bridgehead atoms. The molecule has 1 saturated heterocycles. The molecule has 1 aromatic rings. The van der Waals surface area contributed by atoms with Crippen molar-refractivity contribution in [3.05, 3.63) is 23.3 Å². The second kappa shape index (κ2) is 6.77. The largest absolute Gasteiger partial charge is 0.497 e. The van der Waals surface area contributed by atoms with Crippen LogP contribution in [0.1, 0.15) is 30.4 Å². The molecule has 21 heavy (non-hydrogen) atoms. The van der Waals surface area contributed by atoms with Crippen LogP contribution in [0.4, 0.5) is 0 Å². The molecule has 2 N–H and O–H groups in total. The van der Waals surface area contributed by atoms with Gasteiger partial charge in [0, 0.05) is 12.6 Å². The van der Waals surface area contributed by atoms with Gasteiger partial charge in [-0.15, -0.1) is 0 Å². The van der Waals surface area contributed by atoms with E-state index in [-0.39, 0.29) is 0 Å². The Bertz CT molecular complexity index is 570. The first kappa shape index (κ1) is 16.3. The van der Waals surface area contributed by atoms with Crippen molar-refractivity contribution in [3.63, 3.8) is 0 Å². The lowest BCUT2D eigenvalue weighted by molar-refractivity contribution is 0.413. The monoisotopic (exact) mass is 312 g/mol. The summed E-state index contributed by atoms with van der Waals surface area (Å²) in [5, 5.41) is 3.37. The molecule has 0 unspecified atom stereocenters. The fourth-order valence-electron chi connectivity index (χ4n) is 2.90. The number of hydrogen-bond donors (Lipinski definition) is 2. The first-order chi connectivity index (χ1) is 9.94. The molecule has 1 aromatic carbocycles. The van der Waals surface area contributed by atoms with E-state index in [1.807, 2.05) is 0 Å². The van der Waals surface area contributed by atoms with Crippen molar-refractivity contribution in [2.45, 2.75) is 44.0 Å². The zero-order chi connectivity index (χ0) is 15.5. The summed E-state index contributed by atoms with van der Waals surface area (Å²) >= 11 is 0. The van der Waals surface area contributed by atoms with Gasteiger partial charge in [-0.2, -0.15) is 0 Å². The minimum Gasteiger partial charge on any atom is -0.497 e. The van der Waals surface area contributed by atoms with E-state index >= 15 is 0 Å². The van der Waals surface area contributed by atoms with Crippen LogP contribution in [0.3, 0.4) is 0 Å². The lowest BCUT2D eigenvalue weighted by atomic mass is 10.1. The molecule has 118 valence electrons. The fraction of sp³-hybridized carbons (Fsp3) is 0.600. The summed E-state index contributed by atoms with van der Waals surface area (Å²) in [6, 6.07) is 3.94. The van der Waals surface area contributed by atoms with Gasteiger partial charge in [0.2, 0.25) is 10.0 Å². The third kappa shape index (κ3) is 3.96. The molecule has 1 aliphatic rings. The van der Waals surface area contributed by atoms with Crippen molar-refractivity contribution in [3.8, 4) is 5.75 Å². The Morgan fingerprint density at radius 3 is 2.52 bits per heavy atom. The van der Waals surface area contributed by atoms with E-state index in [0.29, 0.717) is 34.4 Å². The van der Waals surface area contributed by atoms with E-state index in [9.17, 15) is 8.42 Å². The predicted molar refractivity (Wildman–Crippen MR) is 83.3 cm³/mol. The van der Waals surface area contributed by atoms with Gasteiger partial charge in [-0.1, -0.05) is 0 Å². The minimum atomic E-state index is -3.47. The second-order valence-electron chi connectivity index (χ2n) is 5.57. The number of rotatable bonds is 6. The van der Waals surface area contributed by atoms with Crippen LogP contribution in [0.25, 0.3) is 0 Å². The maximum absolute atomic E-state index is 12.5. The summed E-state index contributed by atoms with van der Waals surface area (Å²) in [5.74, 6) is 0.680. The molecule has 1 fully saturated rings. The zero-order valence-electron chi connectivity index (χ0n) is 12.9. The van der Waals surface area contributed by atoms with Crippen LogP contribution in [0, 0.1) is 13.8 Å². The Labute approximate surface area is 127 Å². The molecule has 0 amide bonds. The topological polar surface area (TPSA) is 67.4 Å². The maximum Gasteiger partial charge on any atom is 0.241 e. The van der Waals surface area contributed by atoms with Crippen LogP contribution in [-0.4, -0.2) is 34.7 Å². The Balaban J connectivity index is 2.08. The Hall–Kier alpha value is -1.11. The summed E-state index contributed by atoms with van der Waals surface area (Å²) in [4.78, 5) is 0.364. The van der Waals surface area contributed by atoms with E-state index in [1.165, 1.54) is 6.42 Å². The minimum absolute atomic E-state index is 0.364. The van der Waals surface area contributed by atoms with Gasteiger partial charge >= 0.3 is 0 Å². The van der Waals surface area contributed by atoms with E-state index < -0.39 is 10.0 Å². The van der Waals surface area contributed by atoms with Crippen LogP contribution in [-0.2, 0) is 10.0 Å². The van der Waals surface area contributed by atoms with Gasteiger partial charge in [0.25, 0.3) is 0 Å². The molecule has 0 aliphatic carbocycles. The summed E-state index contributed by atoms with van der Waals surface area (Å²) < 4.78 is 32.8. The molecular weight excluding hydrogens is 288 g/mol. The predicted octanol–water partition coefficient (Wildman–Crippen LogP) is 1.73. The summed E-state index contributed by atoms with van der Waals surface area (Å²) in [5.41, 5.74) is 1.41. The van der Waals surface area contributed by atoms with Gasteiger partial charge in [0.05, 0.1) is 12.0 Å². The fourth-order valence-corrected chi connectivity index (χ4v) is 4.39. The molecule has 6 heteroatoms. The molecule has 1 atom stereocenters. The number of methoxy groups -OCH3 is 1. The van der Waals surface area contributed by atoms with Crippen molar-refractivity contribution in [1.82, 2.24) is 10.0 Å². The van der Waals surface area contributed by atoms with Gasteiger partial charge in [-0.25, -0.2) is 13.1 Å². The number of sulfonamides is 1. The Morgan fingerprint density at radius 1 is 1.33 bits per heavy atom. The third-order valence-corrected chi connectivity index (χ3v) is 5.65. The smallest absolute Gasteiger partial charge is 0.241 e.